The van der Waals surface area contributed by atoms with Crippen molar-refractivity contribution in [1.82, 2.24) is 4.57 Å². The van der Waals surface area contributed by atoms with Gasteiger partial charge in [-0.3, -0.25) is 4.57 Å². The monoisotopic (exact) mass is 479 g/mol. The molecule has 33 heavy (non-hydrogen) atoms. The van der Waals surface area contributed by atoms with E-state index in [-0.39, 0.29) is 10.8 Å². The van der Waals surface area contributed by atoms with Gasteiger partial charge in [-0.15, -0.1) is 11.3 Å². The van der Waals surface area contributed by atoms with Gasteiger partial charge < -0.3 is 0 Å². The Bertz CT molecular complexity index is 1150. The van der Waals surface area contributed by atoms with Crippen molar-refractivity contribution in [2.45, 2.75) is 98.8 Å². The number of benzene rings is 2. The molecule has 3 aromatic rings. The SMILES string of the molecule is CCCCCc1sc(=S)n(-c2c(C)cccc2-c2cc(C(C)(C)C)cc(C(C)(C)C)c2)c1C. The molecule has 0 unspecified atom stereocenters. The molecule has 0 spiro atoms. The standard InChI is InChI=1S/C30H41NS2/c1-10-11-12-16-26-21(3)31(28(32)33-26)27-20(2)14-13-15-25(27)22-17-23(29(4,5)6)19-24(18-22)30(7,8)9/h13-15,17-19H,10-12,16H2,1-9H3. The van der Waals surface area contributed by atoms with Crippen molar-refractivity contribution >= 4 is 23.6 Å². The zero-order chi connectivity index (χ0) is 24.6. The van der Waals surface area contributed by atoms with Crippen molar-refractivity contribution in [1.29, 1.82) is 0 Å². The highest BCUT2D eigenvalue weighted by Gasteiger charge is 2.23. The molecule has 0 aliphatic carbocycles. The van der Waals surface area contributed by atoms with E-state index < -0.39 is 0 Å². The third-order valence-electron chi connectivity index (χ3n) is 6.58. The first-order valence-corrected chi connectivity index (χ1v) is 13.5. The van der Waals surface area contributed by atoms with E-state index in [9.17, 15) is 0 Å². The van der Waals surface area contributed by atoms with Crippen LogP contribution in [0.15, 0.2) is 36.4 Å². The highest BCUT2D eigenvalue weighted by Crippen LogP contribution is 2.38. The Balaban J connectivity index is 2.26. The van der Waals surface area contributed by atoms with E-state index in [2.05, 4.69) is 103 Å². The quantitative estimate of drug-likeness (QED) is 0.251. The first-order valence-electron chi connectivity index (χ1n) is 12.3. The van der Waals surface area contributed by atoms with Gasteiger partial charge in [-0.25, -0.2) is 0 Å². The van der Waals surface area contributed by atoms with Crippen molar-refractivity contribution in [3.63, 3.8) is 0 Å². The molecule has 0 aliphatic heterocycles. The average Bonchev–Trinajstić information content (AvgIpc) is 2.99. The van der Waals surface area contributed by atoms with Crippen LogP contribution in [0.1, 0.15) is 95.0 Å². The minimum absolute atomic E-state index is 0.0844. The van der Waals surface area contributed by atoms with Crippen molar-refractivity contribution in [3.05, 3.63) is 67.6 Å². The number of thiazole rings is 1. The molecule has 1 aromatic heterocycles. The Labute approximate surface area is 210 Å². The molecule has 0 aliphatic rings. The Morgan fingerprint density at radius 2 is 1.48 bits per heavy atom. The first-order chi connectivity index (χ1) is 15.3. The minimum Gasteiger partial charge on any atom is -0.295 e. The van der Waals surface area contributed by atoms with Crippen molar-refractivity contribution in [2.24, 2.45) is 0 Å². The maximum Gasteiger partial charge on any atom is 0.166 e. The minimum atomic E-state index is 0.0844. The number of para-hydroxylation sites is 1. The van der Waals surface area contributed by atoms with Gasteiger partial charge in [0.25, 0.3) is 0 Å². The third-order valence-corrected chi connectivity index (χ3v) is 8.11. The van der Waals surface area contributed by atoms with Gasteiger partial charge in [0.2, 0.25) is 0 Å². The molecule has 0 fully saturated rings. The van der Waals surface area contributed by atoms with Crippen LogP contribution >= 0.6 is 23.6 Å². The second-order valence-corrected chi connectivity index (χ2v) is 13.2. The predicted molar refractivity (Wildman–Crippen MR) is 150 cm³/mol. The fourth-order valence-corrected chi connectivity index (χ4v) is 5.90. The fourth-order valence-electron chi connectivity index (χ4n) is 4.35. The number of unbranched alkanes of at least 4 members (excludes halogenated alkanes) is 2. The Hall–Kier alpha value is -1.71. The highest BCUT2D eigenvalue weighted by atomic mass is 32.1. The summed E-state index contributed by atoms with van der Waals surface area (Å²) < 4.78 is 3.30. The summed E-state index contributed by atoms with van der Waals surface area (Å²) in [4.78, 5) is 1.43. The van der Waals surface area contributed by atoms with Crippen LogP contribution in [-0.2, 0) is 17.3 Å². The maximum absolute atomic E-state index is 5.94. The lowest BCUT2D eigenvalue weighted by Crippen LogP contribution is -2.16. The number of nitrogens with zero attached hydrogens (tertiary/aromatic N) is 1. The van der Waals surface area contributed by atoms with Crippen LogP contribution in [0.3, 0.4) is 0 Å². The topological polar surface area (TPSA) is 4.93 Å². The summed E-state index contributed by atoms with van der Waals surface area (Å²) in [6, 6.07) is 13.8. The van der Waals surface area contributed by atoms with Gasteiger partial charge in [-0.1, -0.05) is 97.7 Å². The van der Waals surface area contributed by atoms with E-state index >= 15 is 0 Å². The molecule has 0 atom stereocenters. The molecule has 2 aromatic carbocycles. The van der Waals surface area contributed by atoms with Crippen LogP contribution in [0.4, 0.5) is 0 Å². The summed E-state index contributed by atoms with van der Waals surface area (Å²) >= 11 is 7.73. The van der Waals surface area contributed by atoms with Crippen LogP contribution < -0.4 is 0 Å². The summed E-state index contributed by atoms with van der Waals surface area (Å²) in [7, 11) is 0. The normalized spacial score (nSPS) is 12.4. The number of hydrogen-bond acceptors (Lipinski definition) is 2. The number of rotatable bonds is 6. The van der Waals surface area contributed by atoms with Gasteiger partial charge in [0.05, 0.1) is 5.69 Å². The second-order valence-electron chi connectivity index (χ2n) is 11.4. The van der Waals surface area contributed by atoms with Crippen LogP contribution in [-0.4, -0.2) is 4.57 Å². The molecule has 178 valence electrons. The zero-order valence-electron chi connectivity index (χ0n) is 22.1. The Morgan fingerprint density at radius 3 is 2.03 bits per heavy atom. The largest absolute Gasteiger partial charge is 0.295 e. The predicted octanol–water partition coefficient (Wildman–Crippen LogP) is 9.88. The summed E-state index contributed by atoms with van der Waals surface area (Å²) in [6.07, 6.45) is 4.87. The number of aromatic nitrogens is 1. The van der Waals surface area contributed by atoms with E-state index in [1.807, 2.05) is 0 Å². The van der Waals surface area contributed by atoms with Gasteiger partial charge in [0.15, 0.2) is 3.95 Å². The molecular weight excluding hydrogens is 438 g/mol. The summed E-state index contributed by atoms with van der Waals surface area (Å²) in [6.45, 7) is 20.5. The Morgan fingerprint density at radius 1 is 0.879 bits per heavy atom. The van der Waals surface area contributed by atoms with Crippen LogP contribution in [0, 0.1) is 17.8 Å². The maximum atomic E-state index is 5.94. The summed E-state index contributed by atoms with van der Waals surface area (Å²) in [5.74, 6) is 0. The van der Waals surface area contributed by atoms with Gasteiger partial charge in [-0.2, -0.15) is 0 Å². The van der Waals surface area contributed by atoms with Crippen molar-refractivity contribution in [2.75, 3.05) is 0 Å². The van der Waals surface area contributed by atoms with Gasteiger partial charge >= 0.3 is 0 Å². The molecule has 0 bridgehead atoms. The fraction of sp³-hybridized carbons (Fsp3) is 0.500. The lowest BCUT2D eigenvalue weighted by molar-refractivity contribution is 0.569. The second kappa shape index (κ2) is 9.88. The lowest BCUT2D eigenvalue weighted by Gasteiger charge is -2.27. The first kappa shape index (κ1) is 25.9. The molecule has 1 nitrogen and oxygen atoms in total. The van der Waals surface area contributed by atoms with Gasteiger partial charge in [-0.05, 0) is 72.0 Å². The number of aryl methyl sites for hydroxylation is 2. The zero-order valence-corrected chi connectivity index (χ0v) is 23.7. The van der Waals surface area contributed by atoms with E-state index in [1.54, 1.807) is 11.3 Å². The number of hydrogen-bond donors (Lipinski definition) is 0. The smallest absolute Gasteiger partial charge is 0.166 e. The van der Waals surface area contributed by atoms with Crippen molar-refractivity contribution < 1.29 is 0 Å². The van der Waals surface area contributed by atoms with Gasteiger partial charge in [0.1, 0.15) is 0 Å². The lowest BCUT2D eigenvalue weighted by atomic mass is 9.78. The van der Waals surface area contributed by atoms with E-state index in [0.29, 0.717) is 0 Å². The van der Waals surface area contributed by atoms with E-state index in [0.717, 1.165) is 10.4 Å². The Kier molecular flexibility index (Phi) is 7.75. The van der Waals surface area contributed by atoms with E-state index in [4.69, 9.17) is 12.2 Å². The summed E-state index contributed by atoms with van der Waals surface area (Å²) in [5.41, 5.74) is 9.29. The molecular formula is C30H41NS2. The third kappa shape index (κ3) is 5.69. The van der Waals surface area contributed by atoms with Crippen LogP contribution in [0.2, 0.25) is 0 Å². The molecule has 1 heterocycles. The molecule has 0 amide bonds. The van der Waals surface area contributed by atoms with Crippen LogP contribution in [0.5, 0.6) is 0 Å². The molecule has 3 heteroatoms. The molecule has 0 saturated carbocycles. The highest BCUT2D eigenvalue weighted by molar-refractivity contribution is 7.73. The molecule has 0 saturated heterocycles. The van der Waals surface area contributed by atoms with Crippen molar-refractivity contribution in [3.8, 4) is 16.8 Å². The molecule has 3 rings (SSSR count). The summed E-state index contributed by atoms with van der Waals surface area (Å²) in [5, 5.41) is 0. The molecule has 0 N–H and O–H groups in total. The van der Waals surface area contributed by atoms with Gasteiger partial charge in [0, 0.05) is 16.1 Å². The molecule has 0 radical (unpaired) electrons. The van der Waals surface area contributed by atoms with Crippen LogP contribution in [0.25, 0.3) is 16.8 Å². The average molecular weight is 480 g/mol. The van der Waals surface area contributed by atoms with E-state index in [1.165, 1.54) is 63.3 Å².